The molecule has 0 unspecified atom stereocenters. The number of carboxylic acids is 1. The molecule has 1 rings (SSSR count). The molecule has 1 amide bonds. The summed E-state index contributed by atoms with van der Waals surface area (Å²) in [5.74, 6) is -1.60. The summed E-state index contributed by atoms with van der Waals surface area (Å²) in [7, 11) is 0. The normalized spacial score (nSPS) is 31.5. The maximum absolute atomic E-state index is 11.6. The summed E-state index contributed by atoms with van der Waals surface area (Å²) in [6, 6.07) is -0.964. The van der Waals surface area contributed by atoms with E-state index in [0.717, 1.165) is 0 Å². The van der Waals surface area contributed by atoms with Crippen LogP contribution in [0.3, 0.4) is 0 Å². The fourth-order valence-corrected chi connectivity index (χ4v) is 2.10. The summed E-state index contributed by atoms with van der Waals surface area (Å²) in [5.41, 5.74) is 5.51. The largest absolute Gasteiger partial charge is 0.481 e. The Kier molecular flexibility index (Phi) is 8.48. The average molecular weight is 352 g/mol. The Morgan fingerprint density at radius 1 is 1.21 bits per heavy atom. The smallest absolute Gasteiger partial charge is 0.303 e. The molecule has 8 N–H and O–H groups in total. The highest BCUT2D eigenvalue weighted by molar-refractivity contribution is 5.82. The molecule has 0 aromatic heterocycles. The molecule has 24 heavy (non-hydrogen) atoms. The minimum atomic E-state index is -1.54. The lowest BCUT2D eigenvalue weighted by atomic mass is 9.99. The number of carbonyl (C=O) groups is 2. The van der Waals surface area contributed by atoms with Crippen LogP contribution in [0, 0.1) is 0 Å². The van der Waals surface area contributed by atoms with Crippen LogP contribution in [-0.2, 0) is 19.1 Å². The van der Waals surface area contributed by atoms with Gasteiger partial charge in [-0.2, -0.15) is 0 Å². The number of nitrogens with two attached hydrogens (primary N) is 1. The van der Waals surface area contributed by atoms with Crippen LogP contribution >= 0.6 is 0 Å². The van der Waals surface area contributed by atoms with Crippen LogP contribution in [-0.4, -0.2) is 93.9 Å². The molecule has 0 saturated carbocycles. The SMILES string of the molecule is N[C@@H](CCC(=O)O)C(=O)NCCO[C@H]1O[C@H](CO)[C@@H](O)[C@H](O)[C@@H]1O. The second-order valence-corrected chi connectivity index (χ2v) is 5.40. The van der Waals surface area contributed by atoms with Gasteiger partial charge in [-0.3, -0.25) is 9.59 Å². The minimum Gasteiger partial charge on any atom is -0.481 e. The molecule has 0 aromatic rings. The van der Waals surface area contributed by atoms with Crippen molar-refractivity contribution >= 4 is 11.9 Å². The molecular weight excluding hydrogens is 328 g/mol. The molecule has 0 aromatic carbocycles. The third kappa shape index (κ3) is 5.94. The second kappa shape index (κ2) is 9.84. The molecule has 0 bridgehead atoms. The molecule has 1 heterocycles. The molecule has 1 aliphatic rings. The molecular formula is C13H24N2O9. The van der Waals surface area contributed by atoms with Gasteiger partial charge in [0.2, 0.25) is 5.91 Å². The van der Waals surface area contributed by atoms with Crippen molar-refractivity contribution in [2.24, 2.45) is 5.73 Å². The Hall–Kier alpha value is -1.34. The van der Waals surface area contributed by atoms with E-state index in [1.54, 1.807) is 0 Å². The van der Waals surface area contributed by atoms with Crippen LogP contribution in [0.2, 0.25) is 0 Å². The van der Waals surface area contributed by atoms with Crippen LogP contribution in [0.1, 0.15) is 12.8 Å². The van der Waals surface area contributed by atoms with Gasteiger partial charge in [0.15, 0.2) is 6.29 Å². The highest BCUT2D eigenvalue weighted by atomic mass is 16.7. The average Bonchev–Trinajstić information content (AvgIpc) is 2.55. The Balaban J connectivity index is 2.31. The van der Waals surface area contributed by atoms with E-state index >= 15 is 0 Å². The van der Waals surface area contributed by atoms with Crippen molar-refractivity contribution in [1.29, 1.82) is 0 Å². The van der Waals surface area contributed by atoms with Crippen LogP contribution in [0.4, 0.5) is 0 Å². The lowest BCUT2D eigenvalue weighted by Crippen LogP contribution is -2.59. The highest BCUT2D eigenvalue weighted by Crippen LogP contribution is 2.21. The maximum atomic E-state index is 11.6. The summed E-state index contributed by atoms with van der Waals surface area (Å²) in [5, 5.41) is 48.9. The van der Waals surface area contributed by atoms with Crippen LogP contribution in [0.15, 0.2) is 0 Å². The van der Waals surface area contributed by atoms with Gasteiger partial charge >= 0.3 is 5.97 Å². The van der Waals surface area contributed by atoms with Crippen molar-refractivity contribution in [1.82, 2.24) is 5.32 Å². The first-order valence-electron chi connectivity index (χ1n) is 7.45. The fraction of sp³-hybridized carbons (Fsp3) is 0.846. The second-order valence-electron chi connectivity index (χ2n) is 5.40. The lowest BCUT2D eigenvalue weighted by Gasteiger charge is -2.39. The van der Waals surface area contributed by atoms with Gasteiger partial charge in [0.05, 0.1) is 19.3 Å². The summed E-state index contributed by atoms with van der Waals surface area (Å²) in [6.07, 6.45) is -7.12. The zero-order chi connectivity index (χ0) is 18.3. The van der Waals surface area contributed by atoms with E-state index in [2.05, 4.69) is 5.32 Å². The minimum absolute atomic E-state index is 0.00522. The molecule has 6 atom stereocenters. The topological polar surface area (TPSA) is 192 Å². The number of carbonyl (C=O) groups excluding carboxylic acids is 1. The van der Waals surface area contributed by atoms with Crippen molar-refractivity contribution in [3.8, 4) is 0 Å². The molecule has 11 heteroatoms. The third-order valence-electron chi connectivity index (χ3n) is 3.54. The summed E-state index contributed by atoms with van der Waals surface area (Å²) < 4.78 is 10.3. The number of aliphatic carboxylic acids is 1. The van der Waals surface area contributed by atoms with E-state index in [9.17, 15) is 24.9 Å². The van der Waals surface area contributed by atoms with E-state index in [1.165, 1.54) is 0 Å². The van der Waals surface area contributed by atoms with E-state index in [-0.39, 0.29) is 26.0 Å². The molecule has 0 aliphatic carbocycles. The Labute approximate surface area is 138 Å². The summed E-state index contributed by atoms with van der Waals surface area (Å²) in [4.78, 5) is 22.0. The Morgan fingerprint density at radius 2 is 1.88 bits per heavy atom. The summed E-state index contributed by atoms with van der Waals surface area (Å²) in [6.45, 7) is -0.658. The van der Waals surface area contributed by atoms with Gasteiger partial charge in [-0.15, -0.1) is 0 Å². The van der Waals surface area contributed by atoms with Gasteiger partial charge in [0.25, 0.3) is 0 Å². The molecule has 0 radical (unpaired) electrons. The van der Waals surface area contributed by atoms with Gasteiger partial charge in [0, 0.05) is 13.0 Å². The zero-order valence-corrected chi connectivity index (χ0v) is 12.9. The van der Waals surface area contributed by atoms with Gasteiger partial charge in [-0.05, 0) is 6.42 Å². The first-order chi connectivity index (χ1) is 11.3. The maximum Gasteiger partial charge on any atom is 0.303 e. The number of hydrogen-bond donors (Lipinski definition) is 7. The van der Waals surface area contributed by atoms with E-state index in [1.807, 2.05) is 0 Å². The molecule has 140 valence electrons. The van der Waals surface area contributed by atoms with Crippen LogP contribution in [0.25, 0.3) is 0 Å². The number of carboxylic acid groups (broad SMARTS) is 1. The molecule has 1 aliphatic heterocycles. The molecule has 1 fully saturated rings. The number of hydrogen-bond acceptors (Lipinski definition) is 9. The zero-order valence-electron chi connectivity index (χ0n) is 12.9. The predicted molar refractivity (Wildman–Crippen MR) is 77.6 cm³/mol. The quantitative estimate of drug-likeness (QED) is 0.202. The summed E-state index contributed by atoms with van der Waals surface area (Å²) >= 11 is 0. The highest BCUT2D eigenvalue weighted by Gasteiger charge is 2.43. The molecule has 0 spiro atoms. The number of nitrogens with one attached hydrogen (secondary N) is 1. The van der Waals surface area contributed by atoms with Gasteiger partial charge < -0.3 is 46.1 Å². The molecule has 11 nitrogen and oxygen atoms in total. The number of aliphatic hydroxyl groups is 4. The predicted octanol–water partition coefficient (Wildman–Crippen LogP) is -3.89. The van der Waals surface area contributed by atoms with E-state index < -0.39 is 55.2 Å². The van der Waals surface area contributed by atoms with Crippen molar-refractivity contribution < 1.29 is 44.6 Å². The first kappa shape index (κ1) is 20.7. The van der Waals surface area contributed by atoms with E-state index in [0.29, 0.717) is 0 Å². The number of ether oxygens (including phenoxy) is 2. The standard InChI is InChI=1S/C13H24N2O9/c14-6(1-2-8(17)18)12(22)15-3-4-23-13-11(21)10(20)9(19)7(5-16)24-13/h6-7,9-11,13,16,19-21H,1-5,14H2,(H,15,22)(H,17,18)/t6-,7+,9+,10-,11-,13-/m0/s1. The first-order valence-corrected chi connectivity index (χ1v) is 7.45. The fourth-order valence-electron chi connectivity index (χ4n) is 2.10. The van der Waals surface area contributed by atoms with Crippen molar-refractivity contribution in [3.05, 3.63) is 0 Å². The van der Waals surface area contributed by atoms with Gasteiger partial charge in [-0.1, -0.05) is 0 Å². The Morgan fingerprint density at radius 3 is 2.46 bits per heavy atom. The lowest BCUT2D eigenvalue weighted by molar-refractivity contribution is -0.300. The van der Waals surface area contributed by atoms with Crippen molar-refractivity contribution in [2.45, 2.75) is 49.6 Å². The number of rotatable bonds is 9. The monoisotopic (exact) mass is 352 g/mol. The van der Waals surface area contributed by atoms with E-state index in [4.69, 9.17) is 25.4 Å². The van der Waals surface area contributed by atoms with Crippen LogP contribution < -0.4 is 11.1 Å². The number of amides is 1. The van der Waals surface area contributed by atoms with Crippen molar-refractivity contribution in [2.75, 3.05) is 19.8 Å². The third-order valence-corrected chi connectivity index (χ3v) is 3.54. The Bertz CT molecular complexity index is 420. The van der Waals surface area contributed by atoms with Crippen molar-refractivity contribution in [3.63, 3.8) is 0 Å². The molecule has 1 saturated heterocycles. The van der Waals surface area contributed by atoms with Gasteiger partial charge in [-0.25, -0.2) is 0 Å². The van der Waals surface area contributed by atoms with Crippen LogP contribution in [0.5, 0.6) is 0 Å². The number of aliphatic hydroxyl groups excluding tert-OH is 4. The van der Waals surface area contributed by atoms with Gasteiger partial charge in [0.1, 0.15) is 24.4 Å².